The lowest BCUT2D eigenvalue weighted by Crippen LogP contribution is -2.08. The number of hydrogen-bond acceptors (Lipinski definition) is 2. The highest BCUT2D eigenvalue weighted by molar-refractivity contribution is 7.99. The minimum Gasteiger partial charge on any atom is -0.398 e. The summed E-state index contributed by atoms with van der Waals surface area (Å²) < 4.78 is 35.7. The molecule has 0 saturated heterocycles. The van der Waals surface area contributed by atoms with Crippen molar-refractivity contribution < 1.29 is 13.2 Å². The van der Waals surface area contributed by atoms with Crippen molar-refractivity contribution in [2.45, 2.75) is 24.4 Å². The second-order valence-corrected chi connectivity index (χ2v) is 4.39. The SMILES string of the molecule is Cc1ccc(N)c(SCCC(F)(F)F)c1. The lowest BCUT2D eigenvalue weighted by Gasteiger charge is -2.08. The third kappa shape index (κ3) is 4.46. The van der Waals surface area contributed by atoms with Crippen molar-refractivity contribution in [1.82, 2.24) is 0 Å². The highest BCUT2D eigenvalue weighted by Crippen LogP contribution is 2.29. The van der Waals surface area contributed by atoms with E-state index in [1.54, 1.807) is 12.1 Å². The number of halogens is 3. The predicted molar refractivity (Wildman–Crippen MR) is 57.0 cm³/mol. The molecule has 0 aliphatic carbocycles. The molecule has 0 bridgehead atoms. The van der Waals surface area contributed by atoms with Crippen LogP contribution in [0, 0.1) is 6.92 Å². The minimum atomic E-state index is -4.09. The van der Waals surface area contributed by atoms with Crippen LogP contribution in [0.15, 0.2) is 23.1 Å². The number of nitrogen functional groups attached to an aromatic ring is 1. The number of thioether (sulfide) groups is 1. The Labute approximate surface area is 90.9 Å². The number of aryl methyl sites for hydroxylation is 1. The molecule has 0 unspecified atom stereocenters. The van der Waals surface area contributed by atoms with Crippen molar-refractivity contribution in [3.8, 4) is 0 Å². The number of rotatable bonds is 3. The molecule has 0 aliphatic heterocycles. The molecule has 1 aromatic carbocycles. The van der Waals surface area contributed by atoms with E-state index in [1.165, 1.54) is 0 Å². The van der Waals surface area contributed by atoms with Crippen LogP contribution in [0.4, 0.5) is 18.9 Å². The zero-order valence-corrected chi connectivity index (χ0v) is 9.08. The molecule has 0 fully saturated rings. The van der Waals surface area contributed by atoms with E-state index in [4.69, 9.17) is 5.73 Å². The van der Waals surface area contributed by atoms with Gasteiger partial charge in [-0.05, 0) is 24.6 Å². The maximum atomic E-state index is 11.9. The number of anilines is 1. The molecule has 84 valence electrons. The second-order valence-electron chi connectivity index (χ2n) is 3.25. The number of hydrogen-bond donors (Lipinski definition) is 1. The van der Waals surface area contributed by atoms with Crippen LogP contribution >= 0.6 is 11.8 Å². The predicted octanol–water partition coefficient (Wildman–Crippen LogP) is 3.62. The average molecular weight is 235 g/mol. The molecule has 5 heteroatoms. The van der Waals surface area contributed by atoms with Crippen LogP contribution in [0.25, 0.3) is 0 Å². The van der Waals surface area contributed by atoms with E-state index in [1.807, 2.05) is 13.0 Å². The van der Waals surface area contributed by atoms with Crippen LogP contribution in [-0.4, -0.2) is 11.9 Å². The summed E-state index contributed by atoms with van der Waals surface area (Å²) in [6.07, 6.45) is -4.88. The first kappa shape index (κ1) is 12.2. The molecule has 1 rings (SSSR count). The smallest absolute Gasteiger partial charge is 0.389 e. The largest absolute Gasteiger partial charge is 0.398 e. The van der Waals surface area contributed by atoms with Crippen LogP contribution in [0.2, 0.25) is 0 Å². The first-order valence-corrected chi connectivity index (χ1v) is 5.43. The lowest BCUT2D eigenvalue weighted by molar-refractivity contribution is -0.129. The van der Waals surface area contributed by atoms with Gasteiger partial charge in [0.25, 0.3) is 0 Å². The molecule has 2 N–H and O–H groups in total. The van der Waals surface area contributed by atoms with Crippen LogP contribution in [0.5, 0.6) is 0 Å². The van der Waals surface area contributed by atoms with Crippen molar-refractivity contribution in [3.63, 3.8) is 0 Å². The molecule has 0 atom stereocenters. The fourth-order valence-electron chi connectivity index (χ4n) is 1.04. The first-order chi connectivity index (χ1) is 6.88. The van der Waals surface area contributed by atoms with Gasteiger partial charge in [0.1, 0.15) is 0 Å². The number of alkyl halides is 3. The Bertz CT molecular complexity index is 336. The number of nitrogens with two attached hydrogens (primary N) is 1. The zero-order valence-electron chi connectivity index (χ0n) is 8.27. The van der Waals surface area contributed by atoms with Gasteiger partial charge < -0.3 is 5.73 Å². The standard InChI is InChI=1S/C10H12F3NS/c1-7-2-3-8(14)9(6-7)15-5-4-10(11,12)13/h2-3,6H,4-5,14H2,1H3. The molecule has 0 heterocycles. The van der Waals surface area contributed by atoms with Gasteiger partial charge >= 0.3 is 6.18 Å². The van der Waals surface area contributed by atoms with Gasteiger partial charge in [0, 0.05) is 16.3 Å². The maximum absolute atomic E-state index is 11.9. The van der Waals surface area contributed by atoms with Crippen molar-refractivity contribution in [1.29, 1.82) is 0 Å². The molecule has 0 aliphatic rings. The fraction of sp³-hybridized carbons (Fsp3) is 0.400. The molecule has 0 amide bonds. The molecular weight excluding hydrogens is 223 g/mol. The highest BCUT2D eigenvalue weighted by atomic mass is 32.2. The van der Waals surface area contributed by atoms with Crippen LogP contribution in [0.1, 0.15) is 12.0 Å². The summed E-state index contributed by atoms with van der Waals surface area (Å²) in [7, 11) is 0. The Kier molecular flexibility index (Phi) is 3.90. The normalized spacial score (nSPS) is 11.7. The van der Waals surface area contributed by atoms with E-state index in [9.17, 15) is 13.2 Å². The van der Waals surface area contributed by atoms with Gasteiger partial charge in [0.15, 0.2) is 0 Å². The average Bonchev–Trinajstić information content (AvgIpc) is 2.09. The van der Waals surface area contributed by atoms with Crippen LogP contribution < -0.4 is 5.73 Å². The molecule has 0 aromatic heterocycles. The van der Waals surface area contributed by atoms with Crippen molar-refractivity contribution >= 4 is 17.4 Å². The van der Waals surface area contributed by atoms with E-state index in [2.05, 4.69) is 0 Å². The summed E-state index contributed by atoms with van der Waals surface area (Å²) in [6.45, 7) is 1.88. The molecule has 15 heavy (non-hydrogen) atoms. The molecule has 1 nitrogen and oxygen atoms in total. The summed E-state index contributed by atoms with van der Waals surface area (Å²) in [5.41, 5.74) is 7.17. The molecule has 0 saturated carbocycles. The summed E-state index contributed by atoms with van der Waals surface area (Å²) in [5.74, 6) is 0.0111. The summed E-state index contributed by atoms with van der Waals surface area (Å²) in [6, 6.07) is 5.35. The molecule has 0 spiro atoms. The number of benzene rings is 1. The Morgan fingerprint density at radius 1 is 1.33 bits per heavy atom. The Balaban J connectivity index is 2.54. The molecular formula is C10H12F3NS. The van der Waals surface area contributed by atoms with E-state index >= 15 is 0 Å². The van der Waals surface area contributed by atoms with Gasteiger partial charge in [-0.2, -0.15) is 13.2 Å². The topological polar surface area (TPSA) is 26.0 Å². The summed E-state index contributed by atoms with van der Waals surface area (Å²) in [4.78, 5) is 0.722. The van der Waals surface area contributed by atoms with Gasteiger partial charge in [0.2, 0.25) is 0 Å². The third-order valence-electron chi connectivity index (χ3n) is 1.81. The van der Waals surface area contributed by atoms with E-state index in [0.29, 0.717) is 5.69 Å². The minimum absolute atomic E-state index is 0.0111. The molecule has 0 radical (unpaired) electrons. The van der Waals surface area contributed by atoms with E-state index < -0.39 is 12.6 Å². The van der Waals surface area contributed by atoms with Gasteiger partial charge in [0.05, 0.1) is 6.42 Å². The monoisotopic (exact) mass is 235 g/mol. The maximum Gasteiger partial charge on any atom is 0.389 e. The van der Waals surface area contributed by atoms with Gasteiger partial charge in [-0.1, -0.05) is 6.07 Å². The fourth-order valence-corrected chi connectivity index (χ4v) is 2.10. The van der Waals surface area contributed by atoms with Gasteiger partial charge in [-0.25, -0.2) is 0 Å². The van der Waals surface area contributed by atoms with Gasteiger partial charge in [-0.15, -0.1) is 11.8 Å². The quantitative estimate of drug-likeness (QED) is 0.639. The zero-order chi connectivity index (χ0) is 11.5. The second kappa shape index (κ2) is 4.79. The van der Waals surface area contributed by atoms with Crippen LogP contribution in [0.3, 0.4) is 0 Å². The van der Waals surface area contributed by atoms with Gasteiger partial charge in [-0.3, -0.25) is 0 Å². The summed E-state index contributed by atoms with van der Waals surface area (Å²) >= 11 is 1.14. The Hall–Kier alpha value is -0.840. The Morgan fingerprint density at radius 2 is 2.00 bits per heavy atom. The van der Waals surface area contributed by atoms with Crippen molar-refractivity contribution in [2.24, 2.45) is 0 Å². The lowest BCUT2D eigenvalue weighted by atomic mass is 10.2. The Morgan fingerprint density at radius 3 is 2.60 bits per heavy atom. The van der Waals surface area contributed by atoms with E-state index in [0.717, 1.165) is 22.2 Å². The van der Waals surface area contributed by atoms with Crippen molar-refractivity contribution in [2.75, 3.05) is 11.5 Å². The van der Waals surface area contributed by atoms with Crippen LogP contribution in [-0.2, 0) is 0 Å². The first-order valence-electron chi connectivity index (χ1n) is 4.44. The third-order valence-corrected chi connectivity index (χ3v) is 2.88. The highest BCUT2D eigenvalue weighted by Gasteiger charge is 2.26. The van der Waals surface area contributed by atoms with Crippen molar-refractivity contribution in [3.05, 3.63) is 23.8 Å². The summed E-state index contributed by atoms with van der Waals surface area (Å²) in [5, 5.41) is 0. The molecule has 1 aromatic rings. The van der Waals surface area contributed by atoms with E-state index in [-0.39, 0.29) is 5.75 Å².